The maximum absolute atomic E-state index is 12.5. The fourth-order valence-electron chi connectivity index (χ4n) is 3.86. The van der Waals surface area contributed by atoms with Crippen LogP contribution in [-0.2, 0) is 16.0 Å². The monoisotopic (exact) mass is 376 g/mol. The zero-order valence-electron chi connectivity index (χ0n) is 16.2. The summed E-state index contributed by atoms with van der Waals surface area (Å²) in [6, 6.07) is 15.3. The second-order valence-corrected chi connectivity index (χ2v) is 7.37. The van der Waals surface area contributed by atoms with Gasteiger partial charge in [-0.2, -0.15) is 0 Å². The van der Waals surface area contributed by atoms with Crippen LogP contribution in [0.5, 0.6) is 0 Å². The number of hydrogen-bond donors (Lipinski definition) is 1. The Balaban J connectivity index is 1.41. The summed E-state index contributed by atoms with van der Waals surface area (Å²) in [6.45, 7) is 4.72. The van der Waals surface area contributed by atoms with E-state index in [0.29, 0.717) is 6.42 Å². The molecule has 28 heavy (non-hydrogen) atoms. The van der Waals surface area contributed by atoms with Crippen LogP contribution in [0.15, 0.2) is 52.9 Å². The Morgan fingerprint density at radius 3 is 2.61 bits per heavy atom. The molecule has 0 radical (unpaired) electrons. The van der Waals surface area contributed by atoms with E-state index < -0.39 is 0 Å². The first kappa shape index (κ1) is 18.3. The highest BCUT2D eigenvalue weighted by atomic mass is 16.3. The van der Waals surface area contributed by atoms with Crippen LogP contribution in [0.1, 0.15) is 42.7 Å². The fourth-order valence-corrected chi connectivity index (χ4v) is 3.86. The van der Waals surface area contributed by atoms with E-state index in [-0.39, 0.29) is 24.3 Å². The molecular weight excluding hydrogens is 352 g/mol. The molecule has 4 rings (SSSR count). The van der Waals surface area contributed by atoms with E-state index in [1.54, 1.807) is 4.90 Å². The molecule has 1 saturated heterocycles. The number of carbonyl (C=O) groups is 2. The number of fused-ring (bicyclic) bond motifs is 1. The number of aryl methyl sites for hydroxylation is 1. The number of benzene rings is 2. The molecule has 1 unspecified atom stereocenters. The molecule has 0 aliphatic carbocycles. The molecule has 144 valence electrons. The van der Waals surface area contributed by atoms with Crippen molar-refractivity contribution in [3.8, 4) is 0 Å². The lowest BCUT2D eigenvalue weighted by molar-refractivity contribution is -0.121. The van der Waals surface area contributed by atoms with E-state index in [9.17, 15) is 9.59 Å². The minimum atomic E-state index is -0.207. The molecule has 1 aromatic heterocycles. The van der Waals surface area contributed by atoms with Gasteiger partial charge in [0.2, 0.25) is 11.8 Å². The molecule has 0 bridgehead atoms. The lowest BCUT2D eigenvalue weighted by Crippen LogP contribution is -2.28. The first-order chi connectivity index (χ1) is 13.5. The Labute approximate surface area is 164 Å². The van der Waals surface area contributed by atoms with Crippen LogP contribution in [0.4, 0.5) is 5.69 Å². The summed E-state index contributed by atoms with van der Waals surface area (Å²) >= 11 is 0. The number of anilines is 1. The highest BCUT2D eigenvalue weighted by molar-refractivity contribution is 5.95. The summed E-state index contributed by atoms with van der Waals surface area (Å²) in [6.07, 6.45) is 1.81. The van der Waals surface area contributed by atoms with Crippen LogP contribution >= 0.6 is 0 Å². The summed E-state index contributed by atoms with van der Waals surface area (Å²) in [5, 5.41) is 4.10. The van der Waals surface area contributed by atoms with E-state index in [1.165, 1.54) is 0 Å². The second kappa shape index (κ2) is 7.50. The number of rotatable bonds is 5. The average Bonchev–Trinajstić information content (AvgIpc) is 3.26. The van der Waals surface area contributed by atoms with Crippen LogP contribution in [0.25, 0.3) is 11.0 Å². The minimum Gasteiger partial charge on any atom is -0.459 e. The van der Waals surface area contributed by atoms with Crippen LogP contribution < -0.4 is 10.2 Å². The SMILES string of the molecule is Cc1c(C(C)NC(=O)Cc2ccc(N3CCCC3=O)cc2)oc2ccccc12. The van der Waals surface area contributed by atoms with Gasteiger partial charge in [-0.05, 0) is 44.0 Å². The third-order valence-electron chi connectivity index (χ3n) is 5.34. The zero-order chi connectivity index (χ0) is 19.7. The second-order valence-electron chi connectivity index (χ2n) is 7.37. The van der Waals surface area contributed by atoms with Gasteiger partial charge in [-0.15, -0.1) is 0 Å². The van der Waals surface area contributed by atoms with E-state index in [1.807, 2.05) is 62.4 Å². The molecule has 0 saturated carbocycles. The Hall–Kier alpha value is -3.08. The minimum absolute atomic E-state index is 0.0580. The topological polar surface area (TPSA) is 62.6 Å². The number of furan rings is 1. The van der Waals surface area contributed by atoms with Crippen molar-refractivity contribution in [2.45, 2.75) is 39.2 Å². The molecule has 2 heterocycles. The van der Waals surface area contributed by atoms with Gasteiger partial charge in [0.15, 0.2) is 0 Å². The van der Waals surface area contributed by atoms with E-state index in [0.717, 1.165) is 46.5 Å². The predicted molar refractivity (Wildman–Crippen MR) is 109 cm³/mol. The summed E-state index contributed by atoms with van der Waals surface area (Å²) in [7, 11) is 0. The van der Waals surface area contributed by atoms with E-state index in [4.69, 9.17) is 4.42 Å². The van der Waals surface area contributed by atoms with Gasteiger partial charge in [0, 0.05) is 29.6 Å². The summed E-state index contributed by atoms with van der Waals surface area (Å²) in [5.74, 6) is 0.898. The van der Waals surface area contributed by atoms with Gasteiger partial charge in [0.05, 0.1) is 12.5 Å². The molecule has 3 aromatic rings. The Morgan fingerprint density at radius 1 is 1.18 bits per heavy atom. The van der Waals surface area contributed by atoms with Crippen LogP contribution in [0.2, 0.25) is 0 Å². The van der Waals surface area contributed by atoms with Crippen molar-refractivity contribution < 1.29 is 14.0 Å². The maximum atomic E-state index is 12.5. The largest absolute Gasteiger partial charge is 0.459 e. The molecular formula is C23H24N2O3. The molecule has 1 atom stereocenters. The van der Waals surface area contributed by atoms with Gasteiger partial charge in [0.1, 0.15) is 11.3 Å². The van der Waals surface area contributed by atoms with Crippen molar-refractivity contribution in [2.24, 2.45) is 0 Å². The molecule has 1 N–H and O–H groups in total. The molecule has 1 aliphatic heterocycles. The van der Waals surface area contributed by atoms with Gasteiger partial charge in [0.25, 0.3) is 0 Å². The summed E-state index contributed by atoms with van der Waals surface area (Å²) in [5.41, 5.74) is 3.71. The van der Waals surface area contributed by atoms with E-state index >= 15 is 0 Å². The maximum Gasteiger partial charge on any atom is 0.227 e. The van der Waals surface area contributed by atoms with Crippen LogP contribution in [-0.4, -0.2) is 18.4 Å². The number of para-hydroxylation sites is 1. The van der Waals surface area contributed by atoms with Gasteiger partial charge < -0.3 is 14.6 Å². The summed E-state index contributed by atoms with van der Waals surface area (Å²) in [4.78, 5) is 26.1. The van der Waals surface area contributed by atoms with Gasteiger partial charge in [-0.1, -0.05) is 30.3 Å². The Morgan fingerprint density at radius 2 is 1.93 bits per heavy atom. The number of nitrogens with zero attached hydrogens (tertiary/aromatic N) is 1. The molecule has 5 heteroatoms. The first-order valence-electron chi connectivity index (χ1n) is 9.69. The number of amides is 2. The van der Waals surface area contributed by atoms with Crippen molar-refractivity contribution in [1.82, 2.24) is 5.32 Å². The van der Waals surface area contributed by atoms with Crippen molar-refractivity contribution in [3.05, 3.63) is 65.4 Å². The van der Waals surface area contributed by atoms with Crippen LogP contribution in [0, 0.1) is 6.92 Å². The quantitative estimate of drug-likeness (QED) is 0.723. The van der Waals surface area contributed by atoms with Gasteiger partial charge in [-0.3, -0.25) is 9.59 Å². The number of hydrogen-bond acceptors (Lipinski definition) is 3. The highest BCUT2D eigenvalue weighted by Gasteiger charge is 2.22. The van der Waals surface area contributed by atoms with Gasteiger partial charge in [-0.25, -0.2) is 0 Å². The van der Waals surface area contributed by atoms with E-state index in [2.05, 4.69) is 5.32 Å². The normalized spacial score (nSPS) is 15.2. The van der Waals surface area contributed by atoms with Crippen molar-refractivity contribution in [2.75, 3.05) is 11.4 Å². The first-order valence-corrected chi connectivity index (χ1v) is 9.69. The molecule has 2 aromatic carbocycles. The van der Waals surface area contributed by atoms with Crippen LogP contribution in [0.3, 0.4) is 0 Å². The molecule has 1 fully saturated rings. The van der Waals surface area contributed by atoms with Crippen molar-refractivity contribution in [1.29, 1.82) is 0 Å². The molecule has 5 nitrogen and oxygen atoms in total. The third-order valence-corrected chi connectivity index (χ3v) is 5.34. The fraction of sp³-hybridized carbons (Fsp3) is 0.304. The number of carbonyl (C=O) groups excluding carboxylic acids is 2. The Bertz CT molecular complexity index is 1020. The van der Waals surface area contributed by atoms with Gasteiger partial charge >= 0.3 is 0 Å². The predicted octanol–water partition coefficient (Wildman–Crippen LogP) is 4.29. The highest BCUT2D eigenvalue weighted by Crippen LogP contribution is 2.29. The Kier molecular flexibility index (Phi) is 4.90. The van der Waals surface area contributed by atoms with Crippen molar-refractivity contribution >= 4 is 28.5 Å². The smallest absolute Gasteiger partial charge is 0.227 e. The summed E-state index contributed by atoms with van der Waals surface area (Å²) < 4.78 is 5.94. The average molecular weight is 376 g/mol. The number of nitrogens with one attached hydrogen (secondary N) is 1. The molecule has 0 spiro atoms. The standard InChI is InChI=1S/C23H24N2O3/c1-15-19-6-3-4-7-20(19)28-23(15)16(2)24-21(26)14-17-9-11-18(12-10-17)25-13-5-8-22(25)27/h3-4,6-7,9-12,16H,5,8,13-14H2,1-2H3,(H,24,26). The lowest BCUT2D eigenvalue weighted by atomic mass is 10.1. The third kappa shape index (κ3) is 3.52. The molecule has 1 aliphatic rings. The van der Waals surface area contributed by atoms with Crippen molar-refractivity contribution in [3.63, 3.8) is 0 Å². The lowest BCUT2D eigenvalue weighted by Gasteiger charge is -2.16. The molecule has 2 amide bonds. The zero-order valence-corrected chi connectivity index (χ0v) is 16.2.